The minimum Gasteiger partial charge on any atom is -0.465 e. The SMILES string of the molecule is COC(=O)c1ccc2ncc(CBr)cc2c1. The third kappa shape index (κ3) is 2.07. The quantitative estimate of drug-likeness (QED) is 0.627. The Morgan fingerprint density at radius 3 is 2.94 bits per heavy atom. The highest BCUT2D eigenvalue weighted by Gasteiger charge is 2.06. The maximum atomic E-state index is 11.4. The monoisotopic (exact) mass is 279 g/mol. The van der Waals surface area contributed by atoms with Crippen molar-refractivity contribution in [2.45, 2.75) is 5.33 Å². The first-order valence-corrected chi connectivity index (χ1v) is 5.89. The molecule has 1 aromatic heterocycles. The Morgan fingerprint density at radius 2 is 2.25 bits per heavy atom. The summed E-state index contributed by atoms with van der Waals surface area (Å²) in [6.45, 7) is 0. The maximum absolute atomic E-state index is 11.4. The van der Waals surface area contributed by atoms with E-state index < -0.39 is 0 Å². The lowest BCUT2D eigenvalue weighted by Crippen LogP contribution is -2.00. The third-order valence-corrected chi connectivity index (χ3v) is 2.96. The van der Waals surface area contributed by atoms with Crippen molar-refractivity contribution in [3.63, 3.8) is 0 Å². The topological polar surface area (TPSA) is 39.2 Å². The minimum absolute atomic E-state index is 0.328. The number of alkyl halides is 1. The zero-order chi connectivity index (χ0) is 11.5. The van der Waals surface area contributed by atoms with E-state index in [9.17, 15) is 4.79 Å². The molecule has 0 bridgehead atoms. The summed E-state index contributed by atoms with van der Waals surface area (Å²) in [5, 5.41) is 1.69. The Morgan fingerprint density at radius 1 is 1.44 bits per heavy atom. The van der Waals surface area contributed by atoms with Gasteiger partial charge in [0.25, 0.3) is 0 Å². The number of benzene rings is 1. The number of ether oxygens (including phenoxy) is 1. The lowest BCUT2D eigenvalue weighted by atomic mass is 10.1. The highest BCUT2D eigenvalue weighted by Crippen LogP contribution is 2.17. The zero-order valence-electron chi connectivity index (χ0n) is 8.74. The van der Waals surface area contributed by atoms with Gasteiger partial charge >= 0.3 is 5.97 Å². The molecular weight excluding hydrogens is 270 g/mol. The maximum Gasteiger partial charge on any atom is 0.337 e. The van der Waals surface area contributed by atoms with Gasteiger partial charge in [-0.1, -0.05) is 15.9 Å². The summed E-state index contributed by atoms with van der Waals surface area (Å²) >= 11 is 3.37. The van der Waals surface area contributed by atoms with Gasteiger partial charge in [0.15, 0.2) is 0 Å². The molecule has 0 saturated heterocycles. The van der Waals surface area contributed by atoms with Gasteiger partial charge in [-0.15, -0.1) is 0 Å². The summed E-state index contributed by atoms with van der Waals surface area (Å²) in [6.07, 6.45) is 1.81. The van der Waals surface area contributed by atoms with Crippen LogP contribution in [0.5, 0.6) is 0 Å². The van der Waals surface area contributed by atoms with E-state index in [1.54, 1.807) is 12.1 Å². The van der Waals surface area contributed by atoms with Gasteiger partial charge in [0, 0.05) is 16.9 Å². The Labute approximate surface area is 102 Å². The van der Waals surface area contributed by atoms with E-state index in [2.05, 4.69) is 25.7 Å². The van der Waals surface area contributed by atoms with Crippen LogP contribution < -0.4 is 0 Å². The number of rotatable bonds is 2. The van der Waals surface area contributed by atoms with Crippen LogP contribution in [0.1, 0.15) is 15.9 Å². The van der Waals surface area contributed by atoms with Gasteiger partial charge in [0.05, 0.1) is 18.2 Å². The number of esters is 1. The second kappa shape index (κ2) is 4.61. The molecule has 0 atom stereocenters. The summed E-state index contributed by atoms with van der Waals surface area (Å²) < 4.78 is 4.67. The first-order valence-electron chi connectivity index (χ1n) is 4.77. The van der Waals surface area contributed by atoms with Crippen molar-refractivity contribution >= 4 is 32.8 Å². The van der Waals surface area contributed by atoms with Gasteiger partial charge in [-0.05, 0) is 29.8 Å². The van der Waals surface area contributed by atoms with Crippen LogP contribution in [0.15, 0.2) is 30.5 Å². The standard InChI is InChI=1S/C12H10BrNO2/c1-16-12(15)9-2-3-11-10(5-9)4-8(6-13)7-14-11/h2-5,7H,6H2,1H3. The molecule has 4 heteroatoms. The molecule has 1 aromatic carbocycles. The predicted molar refractivity (Wildman–Crippen MR) is 65.7 cm³/mol. The number of carbonyl (C=O) groups is 1. The Hall–Kier alpha value is -1.42. The van der Waals surface area contributed by atoms with Crippen LogP contribution in [0, 0.1) is 0 Å². The van der Waals surface area contributed by atoms with Crippen LogP contribution in [0.25, 0.3) is 10.9 Å². The Bertz CT molecular complexity index is 540. The highest BCUT2D eigenvalue weighted by molar-refractivity contribution is 9.08. The normalized spacial score (nSPS) is 10.4. The molecule has 1 heterocycles. The average molecular weight is 280 g/mol. The van der Waals surface area contributed by atoms with E-state index in [1.165, 1.54) is 7.11 Å². The molecule has 82 valence electrons. The molecule has 0 aliphatic carbocycles. The van der Waals surface area contributed by atoms with E-state index in [0.29, 0.717) is 5.56 Å². The summed E-state index contributed by atoms with van der Waals surface area (Å²) in [5.74, 6) is -0.328. The van der Waals surface area contributed by atoms with E-state index in [-0.39, 0.29) is 5.97 Å². The second-order valence-electron chi connectivity index (χ2n) is 3.38. The largest absolute Gasteiger partial charge is 0.465 e. The summed E-state index contributed by atoms with van der Waals surface area (Å²) in [6, 6.07) is 7.33. The molecule has 0 aliphatic heterocycles. The van der Waals surface area contributed by atoms with E-state index >= 15 is 0 Å². The first-order chi connectivity index (χ1) is 7.74. The predicted octanol–water partition coefficient (Wildman–Crippen LogP) is 2.92. The van der Waals surface area contributed by atoms with Crippen LogP contribution in [0.2, 0.25) is 0 Å². The molecule has 0 saturated carbocycles. The van der Waals surface area contributed by atoms with Crippen LogP contribution in [0.3, 0.4) is 0 Å². The lowest BCUT2D eigenvalue weighted by Gasteiger charge is -2.03. The Kier molecular flexibility index (Phi) is 3.19. The molecule has 0 N–H and O–H groups in total. The van der Waals surface area contributed by atoms with Crippen molar-refractivity contribution in [1.82, 2.24) is 4.98 Å². The van der Waals surface area contributed by atoms with Crippen molar-refractivity contribution in [2.24, 2.45) is 0 Å². The second-order valence-corrected chi connectivity index (χ2v) is 3.94. The fourth-order valence-corrected chi connectivity index (χ4v) is 1.80. The first kappa shape index (κ1) is 11.1. The van der Waals surface area contributed by atoms with Gasteiger partial charge in [-0.2, -0.15) is 0 Å². The number of hydrogen-bond acceptors (Lipinski definition) is 3. The number of hydrogen-bond donors (Lipinski definition) is 0. The number of halogens is 1. The van der Waals surface area contributed by atoms with Gasteiger partial charge in [0.2, 0.25) is 0 Å². The minimum atomic E-state index is -0.328. The van der Waals surface area contributed by atoms with Gasteiger partial charge in [-0.25, -0.2) is 4.79 Å². The van der Waals surface area contributed by atoms with Crippen molar-refractivity contribution in [1.29, 1.82) is 0 Å². The van der Waals surface area contributed by atoms with Crippen LogP contribution >= 0.6 is 15.9 Å². The van der Waals surface area contributed by atoms with Crippen molar-refractivity contribution in [2.75, 3.05) is 7.11 Å². The number of carbonyl (C=O) groups excluding carboxylic acids is 1. The summed E-state index contributed by atoms with van der Waals surface area (Å²) in [7, 11) is 1.37. The summed E-state index contributed by atoms with van der Waals surface area (Å²) in [5.41, 5.74) is 2.50. The van der Waals surface area contributed by atoms with Crippen molar-refractivity contribution < 1.29 is 9.53 Å². The average Bonchev–Trinajstić information content (AvgIpc) is 2.36. The number of aromatic nitrogens is 1. The third-order valence-electron chi connectivity index (χ3n) is 2.31. The lowest BCUT2D eigenvalue weighted by molar-refractivity contribution is 0.0601. The molecular formula is C12H10BrNO2. The van der Waals surface area contributed by atoms with Crippen molar-refractivity contribution in [3.8, 4) is 0 Å². The molecule has 3 nitrogen and oxygen atoms in total. The summed E-state index contributed by atoms with van der Waals surface area (Å²) in [4.78, 5) is 15.7. The number of methoxy groups -OCH3 is 1. The number of pyridine rings is 1. The van der Waals surface area contributed by atoms with Gasteiger partial charge in [-0.3, -0.25) is 4.98 Å². The fourth-order valence-electron chi connectivity index (χ4n) is 1.50. The fraction of sp³-hybridized carbons (Fsp3) is 0.167. The molecule has 0 spiro atoms. The molecule has 0 aliphatic rings. The molecule has 2 aromatic rings. The molecule has 0 radical (unpaired) electrons. The van der Waals surface area contributed by atoms with Crippen LogP contribution in [-0.2, 0) is 10.1 Å². The van der Waals surface area contributed by atoms with Crippen molar-refractivity contribution in [3.05, 3.63) is 41.6 Å². The number of fused-ring (bicyclic) bond motifs is 1. The number of nitrogens with zero attached hydrogens (tertiary/aromatic N) is 1. The molecule has 0 unspecified atom stereocenters. The Balaban J connectivity index is 2.54. The van der Waals surface area contributed by atoms with Crippen LogP contribution in [-0.4, -0.2) is 18.1 Å². The smallest absolute Gasteiger partial charge is 0.337 e. The van der Waals surface area contributed by atoms with Crippen LogP contribution in [0.4, 0.5) is 0 Å². The molecule has 0 fully saturated rings. The molecule has 16 heavy (non-hydrogen) atoms. The zero-order valence-corrected chi connectivity index (χ0v) is 10.3. The van der Waals surface area contributed by atoms with E-state index in [0.717, 1.165) is 21.8 Å². The molecule has 2 rings (SSSR count). The van der Waals surface area contributed by atoms with Gasteiger partial charge < -0.3 is 4.74 Å². The molecule has 0 amide bonds. The van der Waals surface area contributed by atoms with Gasteiger partial charge in [0.1, 0.15) is 0 Å². The highest BCUT2D eigenvalue weighted by atomic mass is 79.9. The van der Waals surface area contributed by atoms with E-state index in [1.807, 2.05) is 18.3 Å². The van der Waals surface area contributed by atoms with E-state index in [4.69, 9.17) is 0 Å².